The molecule has 0 heterocycles. The fourth-order valence-corrected chi connectivity index (χ4v) is 3.49. The fourth-order valence-electron chi connectivity index (χ4n) is 2.76. The van der Waals surface area contributed by atoms with E-state index in [2.05, 4.69) is 39.4 Å². The van der Waals surface area contributed by atoms with E-state index in [-0.39, 0.29) is 12.1 Å². The van der Waals surface area contributed by atoms with E-state index in [4.69, 9.17) is 17.3 Å². The van der Waals surface area contributed by atoms with Crippen molar-refractivity contribution in [3.05, 3.63) is 62.6 Å². The van der Waals surface area contributed by atoms with Gasteiger partial charge in [-0.05, 0) is 58.1 Å². The number of rotatable bonds is 2. The van der Waals surface area contributed by atoms with Crippen molar-refractivity contribution in [2.75, 3.05) is 5.32 Å². The summed E-state index contributed by atoms with van der Waals surface area (Å²) in [6.45, 7) is 2.00. The number of anilines is 1. The minimum absolute atomic E-state index is 0.100. The van der Waals surface area contributed by atoms with Gasteiger partial charge in [-0.3, -0.25) is 0 Å². The lowest BCUT2D eigenvalue weighted by molar-refractivity contribution is 0.648. The SMILES string of the molecule is Cc1cc(Br)c(NC2CC(N)c3ccccc32)cc1Cl. The van der Waals surface area contributed by atoms with E-state index >= 15 is 0 Å². The van der Waals surface area contributed by atoms with Gasteiger partial charge in [0.2, 0.25) is 0 Å². The van der Waals surface area contributed by atoms with Crippen LogP contribution >= 0.6 is 27.5 Å². The van der Waals surface area contributed by atoms with E-state index in [0.29, 0.717) is 0 Å². The summed E-state index contributed by atoms with van der Waals surface area (Å²) in [5, 5.41) is 4.32. The van der Waals surface area contributed by atoms with Crippen LogP contribution in [0, 0.1) is 6.92 Å². The number of hydrogen-bond acceptors (Lipinski definition) is 2. The zero-order chi connectivity index (χ0) is 14.3. The van der Waals surface area contributed by atoms with Gasteiger partial charge in [-0.25, -0.2) is 0 Å². The van der Waals surface area contributed by atoms with E-state index in [1.54, 1.807) is 0 Å². The van der Waals surface area contributed by atoms with E-state index in [0.717, 1.165) is 27.2 Å². The summed E-state index contributed by atoms with van der Waals surface area (Å²) in [4.78, 5) is 0. The summed E-state index contributed by atoms with van der Waals surface area (Å²) in [6.07, 6.45) is 0.900. The van der Waals surface area contributed by atoms with Crippen LogP contribution in [-0.4, -0.2) is 0 Å². The lowest BCUT2D eigenvalue weighted by atomic mass is 10.1. The Labute approximate surface area is 132 Å². The van der Waals surface area contributed by atoms with Gasteiger partial charge in [0.15, 0.2) is 0 Å². The molecule has 2 aromatic rings. The molecule has 0 saturated heterocycles. The number of fused-ring (bicyclic) bond motifs is 1. The van der Waals surface area contributed by atoms with Gasteiger partial charge in [0, 0.05) is 15.5 Å². The van der Waals surface area contributed by atoms with Crippen LogP contribution < -0.4 is 11.1 Å². The highest BCUT2D eigenvalue weighted by Crippen LogP contribution is 2.41. The molecule has 20 heavy (non-hydrogen) atoms. The minimum Gasteiger partial charge on any atom is -0.377 e. The van der Waals surface area contributed by atoms with Crippen molar-refractivity contribution in [2.24, 2.45) is 5.73 Å². The fraction of sp³-hybridized carbons (Fsp3) is 0.250. The maximum Gasteiger partial charge on any atom is 0.0535 e. The molecule has 0 bridgehead atoms. The molecule has 4 heteroatoms. The van der Waals surface area contributed by atoms with Crippen molar-refractivity contribution >= 4 is 33.2 Å². The summed E-state index contributed by atoms with van der Waals surface area (Å²) in [5.41, 5.74) is 10.8. The van der Waals surface area contributed by atoms with Crippen LogP contribution in [-0.2, 0) is 0 Å². The molecular weight excluding hydrogens is 336 g/mol. The molecule has 2 nitrogen and oxygen atoms in total. The third-order valence-corrected chi connectivity index (χ3v) is 4.90. The maximum atomic E-state index is 6.21. The van der Waals surface area contributed by atoms with Gasteiger partial charge in [-0.1, -0.05) is 35.9 Å². The van der Waals surface area contributed by atoms with E-state index in [1.165, 1.54) is 11.1 Å². The molecule has 0 saturated carbocycles. The van der Waals surface area contributed by atoms with E-state index in [9.17, 15) is 0 Å². The van der Waals surface area contributed by atoms with Gasteiger partial charge in [-0.2, -0.15) is 0 Å². The molecule has 0 aliphatic heterocycles. The average molecular weight is 352 g/mol. The highest BCUT2D eigenvalue weighted by atomic mass is 79.9. The molecule has 0 aromatic heterocycles. The predicted octanol–water partition coefficient (Wildman–Crippen LogP) is 4.97. The minimum atomic E-state index is 0.100. The van der Waals surface area contributed by atoms with Gasteiger partial charge in [0.05, 0.1) is 11.7 Å². The zero-order valence-electron chi connectivity index (χ0n) is 11.2. The number of benzene rings is 2. The molecule has 0 fully saturated rings. The molecule has 1 aliphatic carbocycles. The molecule has 1 aliphatic rings. The highest BCUT2D eigenvalue weighted by molar-refractivity contribution is 9.10. The summed E-state index contributed by atoms with van der Waals surface area (Å²) in [6, 6.07) is 12.7. The molecule has 0 radical (unpaired) electrons. The summed E-state index contributed by atoms with van der Waals surface area (Å²) in [7, 11) is 0. The Balaban J connectivity index is 1.92. The normalized spacial score (nSPS) is 20.8. The number of nitrogens with one attached hydrogen (secondary N) is 1. The average Bonchev–Trinajstić information content (AvgIpc) is 2.74. The van der Waals surface area contributed by atoms with Crippen molar-refractivity contribution < 1.29 is 0 Å². The maximum absolute atomic E-state index is 6.21. The van der Waals surface area contributed by atoms with Gasteiger partial charge < -0.3 is 11.1 Å². The lowest BCUT2D eigenvalue weighted by Crippen LogP contribution is -2.10. The predicted molar refractivity (Wildman–Crippen MR) is 88.2 cm³/mol. The quantitative estimate of drug-likeness (QED) is 0.802. The van der Waals surface area contributed by atoms with Gasteiger partial charge in [0.25, 0.3) is 0 Å². The van der Waals surface area contributed by atoms with Crippen LogP contribution in [0.15, 0.2) is 40.9 Å². The third-order valence-electron chi connectivity index (χ3n) is 3.84. The summed E-state index contributed by atoms with van der Waals surface area (Å²) in [5.74, 6) is 0. The third kappa shape index (κ3) is 2.46. The van der Waals surface area contributed by atoms with Crippen molar-refractivity contribution in [3.63, 3.8) is 0 Å². The Morgan fingerprint density at radius 3 is 2.70 bits per heavy atom. The standard InChI is InChI=1S/C16H16BrClN2/c1-9-6-12(17)16(7-13(9)18)20-15-8-14(19)10-4-2-3-5-11(10)15/h2-7,14-15,20H,8,19H2,1H3. The number of nitrogens with two attached hydrogens (primary N) is 1. The molecule has 2 aromatic carbocycles. The first kappa shape index (κ1) is 13.9. The Morgan fingerprint density at radius 1 is 1.25 bits per heavy atom. The first-order chi connectivity index (χ1) is 9.56. The van der Waals surface area contributed by atoms with Crippen LogP contribution in [0.3, 0.4) is 0 Å². The van der Waals surface area contributed by atoms with Crippen LogP contribution in [0.1, 0.15) is 35.2 Å². The second-order valence-electron chi connectivity index (χ2n) is 5.25. The summed E-state index contributed by atoms with van der Waals surface area (Å²) < 4.78 is 1.03. The number of hydrogen-bond donors (Lipinski definition) is 2. The van der Waals surface area contributed by atoms with Gasteiger partial charge in [-0.15, -0.1) is 0 Å². The first-order valence-electron chi connectivity index (χ1n) is 6.63. The first-order valence-corrected chi connectivity index (χ1v) is 7.80. The van der Waals surface area contributed by atoms with Crippen LogP contribution in [0.4, 0.5) is 5.69 Å². The largest absolute Gasteiger partial charge is 0.377 e. The smallest absolute Gasteiger partial charge is 0.0535 e. The topological polar surface area (TPSA) is 38.0 Å². The molecule has 0 amide bonds. The Kier molecular flexibility index (Phi) is 3.76. The Bertz CT molecular complexity index is 657. The number of halogens is 2. The second kappa shape index (κ2) is 5.40. The van der Waals surface area contributed by atoms with E-state index in [1.807, 2.05) is 25.1 Å². The van der Waals surface area contributed by atoms with Crippen LogP contribution in [0.5, 0.6) is 0 Å². The molecule has 2 unspecified atom stereocenters. The Hall–Kier alpha value is -1.03. The number of aryl methyl sites for hydroxylation is 1. The van der Waals surface area contributed by atoms with Crippen molar-refractivity contribution in [1.29, 1.82) is 0 Å². The van der Waals surface area contributed by atoms with Crippen molar-refractivity contribution in [2.45, 2.75) is 25.4 Å². The van der Waals surface area contributed by atoms with Gasteiger partial charge in [0.1, 0.15) is 0 Å². The van der Waals surface area contributed by atoms with Crippen LogP contribution in [0.25, 0.3) is 0 Å². The molecule has 3 N–H and O–H groups in total. The van der Waals surface area contributed by atoms with Crippen molar-refractivity contribution in [1.82, 2.24) is 0 Å². The van der Waals surface area contributed by atoms with Crippen LogP contribution in [0.2, 0.25) is 5.02 Å². The van der Waals surface area contributed by atoms with Crippen molar-refractivity contribution in [3.8, 4) is 0 Å². The molecule has 104 valence electrons. The molecule has 3 rings (SSSR count). The molecule has 0 spiro atoms. The van der Waals surface area contributed by atoms with Gasteiger partial charge >= 0.3 is 0 Å². The lowest BCUT2D eigenvalue weighted by Gasteiger charge is -2.17. The zero-order valence-corrected chi connectivity index (χ0v) is 13.5. The van der Waals surface area contributed by atoms with E-state index < -0.39 is 0 Å². The monoisotopic (exact) mass is 350 g/mol. The molecular formula is C16H16BrClN2. The summed E-state index contributed by atoms with van der Waals surface area (Å²) >= 11 is 9.81. The Morgan fingerprint density at radius 2 is 1.95 bits per heavy atom. The highest BCUT2D eigenvalue weighted by Gasteiger charge is 2.28. The molecule has 2 atom stereocenters. The second-order valence-corrected chi connectivity index (χ2v) is 6.51.